The fraction of sp³-hybridized carbons (Fsp3) is 0.613. The number of nitrogens with two attached hydrogens (primary N) is 1. The summed E-state index contributed by atoms with van der Waals surface area (Å²) < 4.78 is 52.2. The molecule has 13 heteroatoms. The minimum atomic E-state index is -2.31. The van der Waals surface area contributed by atoms with Crippen molar-refractivity contribution in [1.82, 2.24) is 0 Å². The van der Waals surface area contributed by atoms with E-state index in [0.717, 1.165) is 6.08 Å². The Morgan fingerprint density at radius 3 is 2.43 bits per heavy atom. The van der Waals surface area contributed by atoms with E-state index in [1.165, 1.54) is 19.1 Å². The van der Waals surface area contributed by atoms with Crippen molar-refractivity contribution in [2.75, 3.05) is 12.3 Å². The topological polar surface area (TPSA) is 108 Å². The maximum absolute atomic E-state index is 17.6. The van der Waals surface area contributed by atoms with E-state index in [0.29, 0.717) is 12.8 Å². The molecule has 8 radical (unpaired) electrons. The van der Waals surface area contributed by atoms with Crippen LogP contribution >= 0.6 is 0 Å². The summed E-state index contributed by atoms with van der Waals surface area (Å²) in [6, 6.07) is 0. The quantitative estimate of drug-likeness (QED) is 0.340. The van der Waals surface area contributed by atoms with Gasteiger partial charge in [0.2, 0.25) is 5.78 Å². The van der Waals surface area contributed by atoms with Crippen molar-refractivity contribution in [2.45, 2.75) is 88.8 Å². The number of allylic oxidation sites excluding steroid dienone is 4. The number of fused-ring (bicyclic) bond motifs is 7. The first kappa shape index (κ1) is 31.6. The molecule has 1 aromatic carbocycles. The van der Waals surface area contributed by atoms with Crippen molar-refractivity contribution in [3.05, 3.63) is 23.8 Å². The van der Waals surface area contributed by atoms with Gasteiger partial charge in [-0.2, -0.15) is 0 Å². The van der Waals surface area contributed by atoms with Crippen LogP contribution in [0.4, 0.5) is 14.5 Å². The van der Waals surface area contributed by atoms with Crippen LogP contribution < -0.4 is 32.3 Å². The molecule has 7 nitrogen and oxygen atoms in total. The number of carbonyl (C=O) groups excluding carboxylic acids is 2. The van der Waals surface area contributed by atoms with Crippen molar-refractivity contribution >= 4 is 70.5 Å². The normalized spacial score (nSPS) is 42.2. The first-order valence-electron chi connectivity index (χ1n) is 15.0. The SMILES string of the molecule is [B]c1c([B])c(OCC(=O)[C@@]23OC(CCC)O[C@@H]2C[C@H]2[C@@H]4C[C@H](F)C5=CC(=O)C=C[C@]5(C)[C@@]4(F)[C@@H](O)C[C@@]23C)c([B])c([B])c1N. The average Bonchev–Trinajstić information content (AvgIpc) is 3.45. The number of halogens is 2. The molecular weight excluding hydrogens is 564 g/mol. The molecule has 224 valence electrons. The van der Waals surface area contributed by atoms with Gasteiger partial charge in [0, 0.05) is 22.4 Å². The van der Waals surface area contributed by atoms with Gasteiger partial charge < -0.3 is 25.1 Å². The number of ketones is 2. The third kappa shape index (κ3) is 3.87. The maximum Gasteiger partial charge on any atom is 0.205 e. The highest BCUT2D eigenvalue weighted by Gasteiger charge is 2.80. The Balaban J connectivity index is 1.40. The molecule has 0 aromatic heterocycles. The lowest BCUT2D eigenvalue weighted by Crippen LogP contribution is -2.71. The highest BCUT2D eigenvalue weighted by molar-refractivity contribution is 6.61. The summed E-state index contributed by atoms with van der Waals surface area (Å²) in [5.41, 5.74) is -1.06. The third-order valence-electron chi connectivity index (χ3n) is 11.4. The minimum Gasteiger partial charge on any atom is -0.487 e. The number of Topliss-reactive ketones (excluding diaryl/α,β-unsaturated/α-hetero) is 1. The second kappa shape index (κ2) is 10.3. The number of anilines is 1. The van der Waals surface area contributed by atoms with E-state index in [1.54, 1.807) is 6.92 Å². The third-order valence-corrected chi connectivity index (χ3v) is 11.4. The number of alkyl halides is 2. The highest BCUT2D eigenvalue weighted by atomic mass is 19.1. The smallest absolute Gasteiger partial charge is 0.205 e. The number of nitrogen functional groups attached to an aromatic ring is 1. The number of aliphatic hydroxyl groups is 1. The van der Waals surface area contributed by atoms with Crippen LogP contribution in [0.1, 0.15) is 52.9 Å². The van der Waals surface area contributed by atoms with E-state index in [9.17, 15) is 14.7 Å². The molecule has 44 heavy (non-hydrogen) atoms. The predicted octanol–water partition coefficient (Wildman–Crippen LogP) is -0.399. The second-order valence-corrected chi connectivity index (χ2v) is 13.4. The van der Waals surface area contributed by atoms with Crippen LogP contribution in [0.2, 0.25) is 0 Å². The molecular formula is C31H33B4F2NO6. The molecule has 1 saturated heterocycles. The lowest BCUT2D eigenvalue weighted by Gasteiger charge is -2.63. The zero-order valence-corrected chi connectivity index (χ0v) is 25.1. The van der Waals surface area contributed by atoms with Gasteiger partial charge in [-0.15, -0.1) is 0 Å². The van der Waals surface area contributed by atoms with Gasteiger partial charge in [0.25, 0.3) is 0 Å². The lowest BCUT2D eigenvalue weighted by molar-refractivity contribution is -0.234. The predicted molar refractivity (Wildman–Crippen MR) is 164 cm³/mol. The monoisotopic (exact) mass is 597 g/mol. The maximum atomic E-state index is 17.6. The molecule has 3 N–H and O–H groups in total. The van der Waals surface area contributed by atoms with Crippen LogP contribution in [-0.2, 0) is 19.1 Å². The molecule has 4 aliphatic carbocycles. The van der Waals surface area contributed by atoms with Crippen molar-refractivity contribution < 1.29 is 37.7 Å². The minimum absolute atomic E-state index is 0.00756. The molecule has 6 rings (SSSR count). The van der Waals surface area contributed by atoms with E-state index in [2.05, 4.69) is 0 Å². The molecule has 1 aromatic rings. The van der Waals surface area contributed by atoms with E-state index in [4.69, 9.17) is 51.3 Å². The Kier molecular flexibility index (Phi) is 7.42. The van der Waals surface area contributed by atoms with E-state index >= 15 is 8.78 Å². The Hall–Kier alpha value is -2.36. The number of hydrogen-bond acceptors (Lipinski definition) is 7. The molecule has 3 saturated carbocycles. The van der Waals surface area contributed by atoms with Gasteiger partial charge in [-0.25, -0.2) is 8.78 Å². The molecule has 0 amide bonds. The largest absolute Gasteiger partial charge is 0.487 e. The van der Waals surface area contributed by atoms with Gasteiger partial charge in [0.15, 0.2) is 23.3 Å². The first-order chi connectivity index (χ1) is 20.6. The lowest BCUT2D eigenvalue weighted by atomic mass is 9.44. The van der Waals surface area contributed by atoms with Crippen LogP contribution in [0.3, 0.4) is 0 Å². The van der Waals surface area contributed by atoms with Crippen molar-refractivity contribution in [1.29, 1.82) is 0 Å². The Bertz CT molecular complexity index is 1480. The summed E-state index contributed by atoms with van der Waals surface area (Å²) in [4.78, 5) is 26.6. The van der Waals surface area contributed by atoms with Gasteiger partial charge in [-0.1, -0.05) is 48.2 Å². The van der Waals surface area contributed by atoms with E-state index in [1.807, 2.05) is 6.92 Å². The highest BCUT2D eigenvalue weighted by Crippen LogP contribution is 2.72. The van der Waals surface area contributed by atoms with Crippen molar-refractivity contribution in [3.63, 3.8) is 0 Å². The molecule has 10 atom stereocenters. The van der Waals surface area contributed by atoms with E-state index in [-0.39, 0.29) is 58.1 Å². The number of benzene rings is 1. The number of rotatable bonds is 6. The van der Waals surface area contributed by atoms with Crippen LogP contribution in [0, 0.1) is 22.7 Å². The Morgan fingerprint density at radius 2 is 1.80 bits per heavy atom. The van der Waals surface area contributed by atoms with E-state index < -0.39 is 76.8 Å². The van der Waals surface area contributed by atoms with Crippen LogP contribution in [0.5, 0.6) is 5.75 Å². The fourth-order valence-electron chi connectivity index (χ4n) is 9.11. The van der Waals surface area contributed by atoms with Gasteiger partial charge in [0.1, 0.15) is 49.9 Å². The van der Waals surface area contributed by atoms with Gasteiger partial charge in [0.05, 0.1) is 12.2 Å². The molecule has 0 spiro atoms. The summed E-state index contributed by atoms with van der Waals surface area (Å²) in [5, 5.41) is 11.7. The second-order valence-electron chi connectivity index (χ2n) is 13.4. The van der Waals surface area contributed by atoms with Gasteiger partial charge in [-0.05, 0) is 56.3 Å². The summed E-state index contributed by atoms with van der Waals surface area (Å²) in [7, 11) is 24.2. The number of aliphatic hydroxyl groups excluding tert-OH is 1. The molecule has 0 bridgehead atoms. The number of carbonyl (C=O) groups is 2. The molecule has 4 fully saturated rings. The van der Waals surface area contributed by atoms with Crippen molar-refractivity contribution in [3.8, 4) is 5.75 Å². The first-order valence-corrected chi connectivity index (χ1v) is 15.0. The summed E-state index contributed by atoms with van der Waals surface area (Å²) in [6.07, 6.45) is -0.0755. The standard InChI is InChI=1S/C31H33B4F2NO6/c1-4-5-21-43-20-10-14-15-9-17(36)16-8-13(39)6-7-28(16,2)30(15,37)18(40)11-29(14,3)31(20,44-21)19(41)12-42-27-24(34)22(32)26(38)23(33)25(27)35/h6-8,14-15,17-18,20-21,40H,4-5,9-12,38H2,1-3H3/t14-,15-,17-,18-,20+,21?,28-,29-,30-,31+/m0/s1. The average molecular weight is 597 g/mol. The Morgan fingerprint density at radius 1 is 1.14 bits per heavy atom. The van der Waals surface area contributed by atoms with Gasteiger partial charge >= 0.3 is 0 Å². The Labute approximate surface area is 261 Å². The number of ether oxygens (including phenoxy) is 3. The molecule has 5 aliphatic rings. The summed E-state index contributed by atoms with van der Waals surface area (Å²) in [5.74, 6) is -2.69. The zero-order chi connectivity index (χ0) is 32.1. The van der Waals surface area contributed by atoms with Crippen LogP contribution in [0.15, 0.2) is 23.8 Å². The van der Waals surface area contributed by atoms with Crippen molar-refractivity contribution in [2.24, 2.45) is 22.7 Å². The van der Waals surface area contributed by atoms with Crippen LogP contribution in [-0.4, -0.2) is 90.6 Å². The van der Waals surface area contributed by atoms with Gasteiger partial charge in [-0.3, -0.25) is 9.59 Å². The number of hydrogen-bond donors (Lipinski definition) is 2. The van der Waals surface area contributed by atoms with Crippen LogP contribution in [0.25, 0.3) is 0 Å². The summed E-state index contributed by atoms with van der Waals surface area (Å²) in [6.45, 7) is 4.67. The molecule has 1 heterocycles. The summed E-state index contributed by atoms with van der Waals surface area (Å²) >= 11 is 0. The zero-order valence-electron chi connectivity index (χ0n) is 25.1. The molecule has 1 aliphatic heterocycles. The fourth-order valence-corrected chi connectivity index (χ4v) is 9.11. The molecule has 1 unspecified atom stereocenters.